The number of nitrogens with zero attached hydrogens (tertiary/aromatic N) is 3. The van der Waals surface area contributed by atoms with Crippen molar-refractivity contribution in [1.82, 2.24) is 14.1 Å². The van der Waals surface area contributed by atoms with E-state index in [-0.39, 0.29) is 6.54 Å². The van der Waals surface area contributed by atoms with Crippen molar-refractivity contribution < 1.29 is 61.4 Å². The molecule has 6 N–H and O–H groups in total. The SMILES string of the molecule is Cc1cccc(-c2ccnc(Cn3c(=O)ccn([C@@H]4O[C@H](COP(=O)(O)OP(=O)(O)OP(=O)(O)O)C(O)[C@@H]4O)c3=O)c2)c1. The van der Waals surface area contributed by atoms with E-state index in [1.54, 1.807) is 12.1 Å². The number of benzene rings is 1. The number of rotatable bonds is 11. The normalized spacial score (nSPS) is 23.5. The van der Waals surface area contributed by atoms with E-state index in [0.29, 0.717) is 5.69 Å². The second-order valence-corrected chi connectivity index (χ2v) is 13.7. The summed E-state index contributed by atoms with van der Waals surface area (Å²) in [6, 6.07) is 12.1. The number of hydrogen-bond donors (Lipinski definition) is 6. The summed E-state index contributed by atoms with van der Waals surface area (Å²) in [6.07, 6.45) is -4.43. The predicted molar refractivity (Wildman–Crippen MR) is 144 cm³/mol. The quantitative estimate of drug-likeness (QED) is 0.151. The number of phosphoric acid groups is 3. The Morgan fingerprint density at radius 2 is 1.63 bits per heavy atom. The molecule has 0 spiro atoms. The van der Waals surface area contributed by atoms with Crippen LogP contribution in [0.3, 0.4) is 0 Å². The van der Waals surface area contributed by atoms with Crippen molar-refractivity contribution in [1.29, 1.82) is 0 Å². The highest BCUT2D eigenvalue weighted by Gasteiger charge is 2.47. The van der Waals surface area contributed by atoms with Gasteiger partial charge in [0.1, 0.15) is 18.3 Å². The minimum absolute atomic E-state index is 0.265. The van der Waals surface area contributed by atoms with E-state index in [2.05, 4.69) is 18.1 Å². The van der Waals surface area contributed by atoms with Gasteiger partial charge in [-0.05, 0) is 30.2 Å². The lowest BCUT2D eigenvalue weighted by Crippen LogP contribution is -2.43. The maximum absolute atomic E-state index is 13.3. The van der Waals surface area contributed by atoms with Gasteiger partial charge in [0.25, 0.3) is 5.56 Å². The molecule has 0 bridgehead atoms. The minimum Gasteiger partial charge on any atom is -0.387 e. The van der Waals surface area contributed by atoms with Gasteiger partial charge in [-0.25, -0.2) is 18.5 Å². The van der Waals surface area contributed by atoms with E-state index >= 15 is 0 Å². The fourth-order valence-electron chi connectivity index (χ4n) is 4.17. The van der Waals surface area contributed by atoms with Crippen molar-refractivity contribution in [2.75, 3.05) is 6.61 Å². The zero-order valence-corrected chi connectivity index (χ0v) is 24.6. The van der Waals surface area contributed by atoms with Crippen molar-refractivity contribution >= 4 is 23.5 Å². The van der Waals surface area contributed by atoms with Gasteiger partial charge in [0, 0.05) is 18.5 Å². The van der Waals surface area contributed by atoms with Crippen molar-refractivity contribution in [2.45, 2.75) is 38.0 Å². The number of aromatic nitrogens is 3. The summed E-state index contributed by atoms with van der Waals surface area (Å²) in [5.41, 5.74) is 1.39. The van der Waals surface area contributed by atoms with Crippen LogP contribution in [0.25, 0.3) is 11.1 Å². The van der Waals surface area contributed by atoms with Gasteiger partial charge in [0.15, 0.2) is 6.23 Å². The summed E-state index contributed by atoms with van der Waals surface area (Å²) >= 11 is 0. The third-order valence-electron chi connectivity index (χ3n) is 6.01. The zero-order valence-electron chi connectivity index (χ0n) is 22.0. The summed E-state index contributed by atoms with van der Waals surface area (Å²) in [5.74, 6) is 0. The van der Waals surface area contributed by atoms with Gasteiger partial charge in [-0.3, -0.25) is 23.4 Å². The minimum atomic E-state index is -5.79. The maximum atomic E-state index is 13.3. The molecule has 1 aromatic carbocycles. The van der Waals surface area contributed by atoms with Gasteiger partial charge >= 0.3 is 29.2 Å². The van der Waals surface area contributed by atoms with E-state index in [1.165, 1.54) is 6.20 Å². The van der Waals surface area contributed by atoms with Crippen molar-refractivity contribution in [3.8, 4) is 11.1 Å². The lowest BCUT2D eigenvalue weighted by Gasteiger charge is -2.19. The molecule has 3 heterocycles. The number of aliphatic hydroxyl groups excluding tert-OH is 2. The van der Waals surface area contributed by atoms with E-state index in [1.807, 2.05) is 31.2 Å². The molecule has 18 nitrogen and oxygen atoms in total. The van der Waals surface area contributed by atoms with E-state index < -0.39 is 65.9 Å². The molecule has 3 aromatic rings. The number of ether oxygens (including phenoxy) is 1. The molecule has 234 valence electrons. The Bertz CT molecular complexity index is 1760. The van der Waals surface area contributed by atoms with Crippen LogP contribution in [0.15, 0.2) is 64.4 Å². The topological polar surface area (TPSA) is 266 Å². The molecular weight excluding hydrogens is 639 g/mol. The van der Waals surface area contributed by atoms with Crippen LogP contribution in [0.4, 0.5) is 0 Å². The summed E-state index contributed by atoms with van der Waals surface area (Å²) in [4.78, 5) is 66.2. The van der Waals surface area contributed by atoms with Gasteiger partial charge in [-0.1, -0.05) is 29.8 Å². The molecule has 0 amide bonds. The first kappa shape index (κ1) is 33.2. The fraction of sp³-hybridized carbons (Fsp3) is 0.318. The number of aryl methyl sites for hydroxylation is 1. The summed E-state index contributed by atoms with van der Waals surface area (Å²) in [5, 5.41) is 20.9. The van der Waals surface area contributed by atoms with Crippen LogP contribution >= 0.6 is 23.5 Å². The van der Waals surface area contributed by atoms with Crippen LogP contribution in [0.1, 0.15) is 17.5 Å². The highest BCUT2D eigenvalue weighted by Crippen LogP contribution is 2.66. The molecule has 0 aliphatic carbocycles. The molecule has 6 atom stereocenters. The van der Waals surface area contributed by atoms with Crippen molar-refractivity contribution in [3.63, 3.8) is 0 Å². The van der Waals surface area contributed by atoms with Crippen LogP contribution in [-0.2, 0) is 38.1 Å². The molecule has 43 heavy (non-hydrogen) atoms. The lowest BCUT2D eigenvalue weighted by molar-refractivity contribution is -0.0547. The molecule has 1 aliphatic rings. The Morgan fingerprint density at radius 1 is 0.930 bits per heavy atom. The average Bonchev–Trinajstić information content (AvgIpc) is 3.16. The zero-order chi connectivity index (χ0) is 31.7. The standard InChI is InChI=1S/C22H26N3O15P3/c1-13-3-2-4-14(9-13)15-5-7-23-16(10-15)11-25-18(26)6-8-24(22(25)29)21-20(28)19(27)17(38-21)12-37-42(33,34)40-43(35,36)39-41(30,31)32/h2-10,17,19-21,27-28H,11-12H2,1H3,(H,33,34)(H,35,36)(H2,30,31,32)/t17-,19?,20+,21-/m1/s1. The lowest BCUT2D eigenvalue weighted by atomic mass is 10.0. The van der Waals surface area contributed by atoms with Crippen LogP contribution in [0.5, 0.6) is 0 Å². The Morgan fingerprint density at radius 3 is 2.30 bits per heavy atom. The molecular formula is C22H26N3O15P3. The van der Waals surface area contributed by atoms with Gasteiger partial charge in [0.2, 0.25) is 0 Å². The van der Waals surface area contributed by atoms with Crippen molar-refractivity contribution in [3.05, 3.63) is 87.0 Å². The predicted octanol–water partition coefficient (Wildman–Crippen LogP) is 0.391. The van der Waals surface area contributed by atoms with E-state index in [9.17, 15) is 43.3 Å². The Hall–Kier alpha value is -2.66. The molecule has 3 unspecified atom stereocenters. The monoisotopic (exact) mass is 665 g/mol. The smallest absolute Gasteiger partial charge is 0.387 e. The highest BCUT2D eigenvalue weighted by molar-refractivity contribution is 7.66. The summed E-state index contributed by atoms with van der Waals surface area (Å²) in [6.45, 7) is 0.584. The Labute approximate surface area is 241 Å². The summed E-state index contributed by atoms with van der Waals surface area (Å²) in [7, 11) is -17.0. The maximum Gasteiger partial charge on any atom is 0.490 e. The fourth-order valence-corrected chi connectivity index (χ4v) is 7.20. The molecule has 21 heteroatoms. The van der Waals surface area contributed by atoms with Gasteiger partial charge < -0.3 is 34.5 Å². The number of phosphoric ester groups is 1. The van der Waals surface area contributed by atoms with Crippen LogP contribution in [0.2, 0.25) is 0 Å². The second-order valence-electron chi connectivity index (χ2n) is 9.27. The third kappa shape index (κ3) is 8.50. The average molecular weight is 665 g/mol. The number of pyridine rings is 1. The second kappa shape index (κ2) is 12.8. The first-order valence-electron chi connectivity index (χ1n) is 12.1. The molecule has 1 aliphatic heterocycles. The van der Waals surface area contributed by atoms with Gasteiger partial charge in [0.05, 0.1) is 18.8 Å². The number of hydrogen-bond acceptors (Lipinski definition) is 12. The molecule has 1 saturated heterocycles. The highest BCUT2D eigenvalue weighted by atomic mass is 31.3. The van der Waals surface area contributed by atoms with Gasteiger partial charge in [-0.15, -0.1) is 0 Å². The Kier molecular flexibility index (Phi) is 9.86. The van der Waals surface area contributed by atoms with E-state index in [0.717, 1.165) is 38.1 Å². The first-order valence-corrected chi connectivity index (χ1v) is 16.6. The number of aliphatic hydroxyl groups is 2. The molecule has 0 saturated carbocycles. The Balaban J connectivity index is 1.51. The molecule has 1 fully saturated rings. The van der Waals surface area contributed by atoms with Crippen LogP contribution < -0.4 is 11.2 Å². The van der Waals surface area contributed by atoms with Crippen molar-refractivity contribution in [2.24, 2.45) is 0 Å². The largest absolute Gasteiger partial charge is 0.490 e. The van der Waals surface area contributed by atoms with Crippen LogP contribution in [-0.4, -0.2) is 68.8 Å². The van der Waals surface area contributed by atoms with Crippen LogP contribution in [0, 0.1) is 6.92 Å². The molecule has 4 rings (SSSR count). The first-order chi connectivity index (χ1) is 19.9. The molecule has 2 aromatic heterocycles. The summed E-state index contributed by atoms with van der Waals surface area (Å²) < 4.78 is 52.9. The third-order valence-corrected chi connectivity index (χ3v) is 9.82. The van der Waals surface area contributed by atoms with Gasteiger partial charge in [-0.2, -0.15) is 8.62 Å². The molecule has 0 radical (unpaired) electrons. The van der Waals surface area contributed by atoms with E-state index in [4.69, 9.17) is 14.5 Å².